The Morgan fingerprint density at radius 2 is 2.00 bits per heavy atom. The summed E-state index contributed by atoms with van der Waals surface area (Å²) in [4.78, 5) is 47.5. The highest BCUT2D eigenvalue weighted by Crippen LogP contribution is 2.21. The molecule has 2 amide bonds. The predicted octanol–water partition coefficient (Wildman–Crippen LogP) is 0.0350. The molecule has 2 aliphatic rings. The Morgan fingerprint density at radius 3 is 2.52 bits per heavy atom. The number of rotatable bonds is 3. The fourth-order valence-corrected chi connectivity index (χ4v) is 2.25. The van der Waals surface area contributed by atoms with Gasteiger partial charge >= 0.3 is 5.91 Å². The van der Waals surface area contributed by atoms with Gasteiger partial charge in [0.05, 0.1) is 5.57 Å². The number of hydrogen-bond acceptors (Lipinski definition) is 6. The number of imide groups is 1. The van der Waals surface area contributed by atoms with Crippen molar-refractivity contribution in [1.29, 1.82) is 0 Å². The van der Waals surface area contributed by atoms with Gasteiger partial charge in [0.2, 0.25) is 6.29 Å². The SMILES string of the molecule is CC(=O)C1=NN(C(=O)C=O)C(=O)/C1=C/C=C1/CCCN1C. The Balaban J connectivity index is 2.35. The van der Waals surface area contributed by atoms with Crippen LogP contribution in [0.3, 0.4) is 0 Å². The maximum absolute atomic E-state index is 12.1. The molecule has 1 fully saturated rings. The molecule has 0 N–H and O–H groups in total. The second-order valence-electron chi connectivity index (χ2n) is 4.84. The van der Waals surface area contributed by atoms with Gasteiger partial charge in [-0.15, -0.1) is 0 Å². The van der Waals surface area contributed by atoms with Crippen LogP contribution in [0.2, 0.25) is 0 Å². The van der Waals surface area contributed by atoms with E-state index >= 15 is 0 Å². The zero-order chi connectivity index (χ0) is 15.6. The lowest BCUT2D eigenvalue weighted by atomic mass is 10.1. The van der Waals surface area contributed by atoms with Gasteiger partial charge in [-0.1, -0.05) is 0 Å². The molecule has 0 aliphatic carbocycles. The number of hydrazone groups is 1. The second-order valence-corrected chi connectivity index (χ2v) is 4.84. The number of carbonyl (C=O) groups excluding carboxylic acids is 4. The maximum atomic E-state index is 12.1. The molecule has 2 aliphatic heterocycles. The lowest BCUT2D eigenvalue weighted by Gasteiger charge is -2.11. The molecule has 21 heavy (non-hydrogen) atoms. The molecule has 0 aromatic heterocycles. The number of nitrogens with zero attached hydrogens (tertiary/aromatic N) is 3. The van der Waals surface area contributed by atoms with Gasteiger partial charge in [0.1, 0.15) is 5.71 Å². The van der Waals surface area contributed by atoms with Gasteiger partial charge in [0.15, 0.2) is 5.78 Å². The quantitative estimate of drug-likeness (QED) is 0.416. The molecule has 7 heteroatoms. The molecule has 0 unspecified atom stereocenters. The summed E-state index contributed by atoms with van der Waals surface area (Å²) in [5.74, 6) is -2.28. The molecule has 0 saturated carbocycles. The monoisotopic (exact) mass is 289 g/mol. The number of amides is 2. The highest BCUT2D eigenvalue weighted by molar-refractivity contribution is 6.54. The zero-order valence-electron chi connectivity index (χ0n) is 11.8. The minimum atomic E-state index is -1.09. The van der Waals surface area contributed by atoms with Crippen molar-refractivity contribution >= 4 is 29.6 Å². The first kappa shape index (κ1) is 14.8. The molecule has 0 spiro atoms. The van der Waals surface area contributed by atoms with E-state index in [2.05, 4.69) is 10.0 Å². The minimum absolute atomic E-state index is 0.00862. The van der Waals surface area contributed by atoms with Crippen LogP contribution in [-0.4, -0.2) is 53.1 Å². The van der Waals surface area contributed by atoms with Crippen LogP contribution in [-0.2, 0) is 19.2 Å². The summed E-state index contributed by atoms with van der Waals surface area (Å²) in [6.45, 7) is 2.19. The van der Waals surface area contributed by atoms with Gasteiger partial charge in [-0.2, -0.15) is 10.1 Å². The Bertz CT molecular complexity index is 616. The first-order chi connectivity index (χ1) is 9.95. The van der Waals surface area contributed by atoms with Gasteiger partial charge < -0.3 is 4.90 Å². The Hall–Kier alpha value is -2.57. The smallest absolute Gasteiger partial charge is 0.314 e. The van der Waals surface area contributed by atoms with Crippen molar-refractivity contribution in [2.75, 3.05) is 13.6 Å². The highest BCUT2D eigenvalue weighted by Gasteiger charge is 2.35. The van der Waals surface area contributed by atoms with Crippen molar-refractivity contribution in [2.24, 2.45) is 5.10 Å². The fraction of sp³-hybridized carbons (Fsp3) is 0.357. The van der Waals surface area contributed by atoms with Crippen LogP contribution in [0.4, 0.5) is 0 Å². The van der Waals surface area contributed by atoms with Gasteiger partial charge in [-0.25, -0.2) is 0 Å². The maximum Gasteiger partial charge on any atom is 0.314 e. The number of likely N-dealkylation sites (tertiary alicyclic amines) is 1. The van der Waals surface area contributed by atoms with Crippen LogP contribution < -0.4 is 0 Å². The average molecular weight is 289 g/mol. The molecular weight excluding hydrogens is 274 g/mol. The van der Waals surface area contributed by atoms with E-state index in [0.717, 1.165) is 25.1 Å². The van der Waals surface area contributed by atoms with Crippen molar-refractivity contribution in [1.82, 2.24) is 9.91 Å². The van der Waals surface area contributed by atoms with Gasteiger partial charge in [-0.3, -0.25) is 19.2 Å². The molecule has 110 valence electrons. The predicted molar refractivity (Wildman–Crippen MR) is 74.1 cm³/mol. The van der Waals surface area contributed by atoms with Crippen LogP contribution in [0.1, 0.15) is 19.8 Å². The third-order valence-electron chi connectivity index (χ3n) is 3.38. The number of aldehydes is 1. The summed E-state index contributed by atoms with van der Waals surface area (Å²) >= 11 is 0. The topological polar surface area (TPSA) is 87.1 Å². The van der Waals surface area contributed by atoms with E-state index in [1.54, 1.807) is 6.08 Å². The minimum Gasteiger partial charge on any atom is -0.378 e. The number of carbonyl (C=O) groups is 4. The summed E-state index contributed by atoms with van der Waals surface area (Å²) in [5, 5.41) is 4.07. The number of allylic oxidation sites excluding steroid dienone is 3. The molecule has 0 aromatic carbocycles. The first-order valence-electron chi connectivity index (χ1n) is 6.51. The average Bonchev–Trinajstić information content (AvgIpc) is 3.00. The fourth-order valence-electron chi connectivity index (χ4n) is 2.25. The highest BCUT2D eigenvalue weighted by atomic mass is 16.2. The lowest BCUT2D eigenvalue weighted by Crippen LogP contribution is -2.30. The summed E-state index contributed by atoms with van der Waals surface area (Å²) < 4.78 is 0. The van der Waals surface area contributed by atoms with E-state index in [9.17, 15) is 19.2 Å². The van der Waals surface area contributed by atoms with Gasteiger partial charge in [0, 0.05) is 26.2 Å². The Kier molecular flexibility index (Phi) is 4.11. The summed E-state index contributed by atoms with van der Waals surface area (Å²) in [7, 11) is 1.94. The molecule has 0 radical (unpaired) electrons. The Morgan fingerprint density at radius 1 is 1.29 bits per heavy atom. The molecule has 2 heterocycles. The standard InChI is InChI=1S/C14H15N3O4/c1-9(19)13-11(6-5-10-4-3-7-16(10)2)14(21)17(15-13)12(20)8-18/h5-6,8H,3-4,7H2,1-2H3/b10-5-,11-6+. The van der Waals surface area contributed by atoms with Crippen LogP contribution in [0.25, 0.3) is 0 Å². The van der Waals surface area contributed by atoms with Crippen LogP contribution in [0.15, 0.2) is 28.5 Å². The van der Waals surface area contributed by atoms with Crippen molar-refractivity contribution in [3.05, 3.63) is 23.4 Å². The number of Topliss-reactive ketones (excluding diaryl/α,β-unsaturated/α-hetero) is 1. The van der Waals surface area contributed by atoms with Crippen LogP contribution in [0.5, 0.6) is 0 Å². The van der Waals surface area contributed by atoms with Crippen molar-refractivity contribution < 1.29 is 19.2 Å². The third-order valence-corrected chi connectivity index (χ3v) is 3.38. The first-order valence-corrected chi connectivity index (χ1v) is 6.51. The van der Waals surface area contributed by atoms with Crippen molar-refractivity contribution in [3.8, 4) is 0 Å². The lowest BCUT2D eigenvalue weighted by molar-refractivity contribution is -0.145. The van der Waals surface area contributed by atoms with Gasteiger partial charge in [-0.05, 0) is 25.0 Å². The molecule has 0 atom stereocenters. The third kappa shape index (κ3) is 2.81. The molecule has 7 nitrogen and oxygen atoms in total. The van der Waals surface area contributed by atoms with Crippen LogP contribution >= 0.6 is 0 Å². The largest absolute Gasteiger partial charge is 0.378 e. The zero-order valence-corrected chi connectivity index (χ0v) is 11.8. The molecule has 1 saturated heterocycles. The Labute approximate surface area is 121 Å². The summed E-state index contributed by atoms with van der Waals surface area (Å²) in [6, 6.07) is 0. The van der Waals surface area contributed by atoms with E-state index in [4.69, 9.17) is 0 Å². The summed E-state index contributed by atoms with van der Waals surface area (Å²) in [5.41, 5.74) is 0.969. The molecule has 2 rings (SSSR count). The van der Waals surface area contributed by atoms with Crippen molar-refractivity contribution in [3.63, 3.8) is 0 Å². The van der Waals surface area contributed by atoms with Gasteiger partial charge in [0.25, 0.3) is 5.91 Å². The molecular formula is C14H15N3O4. The van der Waals surface area contributed by atoms with E-state index in [0.29, 0.717) is 5.01 Å². The van der Waals surface area contributed by atoms with E-state index < -0.39 is 17.6 Å². The second kappa shape index (κ2) is 5.82. The normalized spacial score (nSPS) is 22.2. The van der Waals surface area contributed by atoms with E-state index in [-0.39, 0.29) is 17.6 Å². The van der Waals surface area contributed by atoms with Crippen LogP contribution in [0, 0.1) is 0 Å². The molecule has 0 bridgehead atoms. The van der Waals surface area contributed by atoms with E-state index in [1.165, 1.54) is 13.0 Å². The number of hydrogen-bond donors (Lipinski definition) is 0. The number of ketones is 1. The summed E-state index contributed by atoms with van der Waals surface area (Å²) in [6.07, 6.45) is 5.14. The van der Waals surface area contributed by atoms with E-state index in [1.807, 2.05) is 7.05 Å². The van der Waals surface area contributed by atoms with Crippen molar-refractivity contribution in [2.45, 2.75) is 19.8 Å². The molecule has 0 aromatic rings.